The standard InChI is InChI=1S/C21H25NO2/c1-15(18-11-10-16-6-2-3-8-19(16)14-18)22-21(24)13-12-17-7-4-5-9-20(17)23/h4-5,7,9-11,14-15,23H,2-3,6,8,12-13H2,1H3,(H,22,24). The zero-order valence-electron chi connectivity index (χ0n) is 14.2. The molecule has 0 radical (unpaired) electrons. The minimum Gasteiger partial charge on any atom is -0.508 e. The van der Waals surface area contributed by atoms with Crippen LogP contribution < -0.4 is 5.32 Å². The lowest BCUT2D eigenvalue weighted by Gasteiger charge is -2.20. The molecule has 0 saturated carbocycles. The van der Waals surface area contributed by atoms with Gasteiger partial charge in [-0.25, -0.2) is 0 Å². The minimum atomic E-state index is 0.00842. The van der Waals surface area contributed by atoms with Gasteiger partial charge in [0.25, 0.3) is 0 Å². The van der Waals surface area contributed by atoms with E-state index in [0.29, 0.717) is 12.8 Å². The number of aromatic hydroxyl groups is 1. The van der Waals surface area contributed by atoms with E-state index >= 15 is 0 Å². The molecule has 0 heterocycles. The maximum Gasteiger partial charge on any atom is 0.220 e. The van der Waals surface area contributed by atoms with Crippen LogP contribution in [0, 0.1) is 0 Å². The van der Waals surface area contributed by atoms with Crippen molar-refractivity contribution in [2.24, 2.45) is 0 Å². The largest absolute Gasteiger partial charge is 0.508 e. The lowest BCUT2D eigenvalue weighted by Crippen LogP contribution is -2.27. The number of phenolic OH excluding ortho intramolecular Hbond substituents is 1. The van der Waals surface area contributed by atoms with Crippen molar-refractivity contribution >= 4 is 5.91 Å². The maximum absolute atomic E-state index is 12.2. The Labute approximate surface area is 143 Å². The van der Waals surface area contributed by atoms with Crippen molar-refractivity contribution in [3.63, 3.8) is 0 Å². The number of para-hydroxylation sites is 1. The van der Waals surface area contributed by atoms with E-state index in [1.54, 1.807) is 12.1 Å². The van der Waals surface area contributed by atoms with Crippen LogP contribution in [-0.4, -0.2) is 11.0 Å². The first-order valence-corrected chi connectivity index (χ1v) is 8.81. The monoisotopic (exact) mass is 323 g/mol. The molecule has 0 bridgehead atoms. The van der Waals surface area contributed by atoms with E-state index in [0.717, 1.165) is 12.0 Å². The molecule has 126 valence electrons. The van der Waals surface area contributed by atoms with Gasteiger partial charge in [-0.3, -0.25) is 4.79 Å². The first-order chi connectivity index (χ1) is 11.6. The number of fused-ring (bicyclic) bond motifs is 1. The molecule has 2 aromatic carbocycles. The summed E-state index contributed by atoms with van der Waals surface area (Å²) in [5.41, 5.74) is 4.89. The summed E-state index contributed by atoms with van der Waals surface area (Å²) in [6, 6.07) is 13.8. The van der Waals surface area contributed by atoms with Gasteiger partial charge in [-0.2, -0.15) is 0 Å². The van der Waals surface area contributed by atoms with Crippen LogP contribution in [-0.2, 0) is 24.1 Å². The van der Waals surface area contributed by atoms with Crippen LogP contribution in [0.15, 0.2) is 42.5 Å². The molecule has 3 rings (SSSR count). The molecule has 0 spiro atoms. The Kier molecular flexibility index (Phi) is 5.19. The number of phenols is 1. The van der Waals surface area contributed by atoms with Crippen molar-refractivity contribution in [1.82, 2.24) is 5.32 Å². The van der Waals surface area contributed by atoms with Crippen LogP contribution in [0.25, 0.3) is 0 Å². The third kappa shape index (κ3) is 3.97. The number of carbonyl (C=O) groups excluding carboxylic acids is 1. The molecule has 1 aliphatic rings. The fourth-order valence-electron chi connectivity index (χ4n) is 3.39. The van der Waals surface area contributed by atoms with Crippen LogP contribution in [0.4, 0.5) is 0 Å². The van der Waals surface area contributed by atoms with Gasteiger partial charge >= 0.3 is 0 Å². The van der Waals surface area contributed by atoms with Gasteiger partial charge in [-0.05, 0) is 67.3 Å². The predicted octanol–water partition coefficient (Wildman–Crippen LogP) is 4.08. The van der Waals surface area contributed by atoms with Gasteiger partial charge in [-0.1, -0.05) is 36.4 Å². The molecular weight excluding hydrogens is 298 g/mol. The van der Waals surface area contributed by atoms with Gasteiger partial charge in [-0.15, -0.1) is 0 Å². The second-order valence-corrected chi connectivity index (χ2v) is 6.65. The minimum absolute atomic E-state index is 0.00842. The molecule has 1 unspecified atom stereocenters. The van der Waals surface area contributed by atoms with E-state index in [1.165, 1.54) is 36.0 Å². The lowest BCUT2D eigenvalue weighted by molar-refractivity contribution is -0.121. The topological polar surface area (TPSA) is 49.3 Å². The second-order valence-electron chi connectivity index (χ2n) is 6.65. The molecule has 0 aliphatic heterocycles. The number of hydrogen-bond donors (Lipinski definition) is 2. The number of carbonyl (C=O) groups is 1. The molecule has 1 atom stereocenters. The zero-order chi connectivity index (χ0) is 16.9. The number of nitrogens with one attached hydrogen (secondary N) is 1. The van der Waals surface area contributed by atoms with Crippen molar-refractivity contribution in [3.05, 3.63) is 64.7 Å². The van der Waals surface area contributed by atoms with Gasteiger partial charge in [0.2, 0.25) is 5.91 Å². The maximum atomic E-state index is 12.2. The van der Waals surface area contributed by atoms with Crippen LogP contribution in [0.1, 0.15) is 54.5 Å². The second kappa shape index (κ2) is 7.52. The van der Waals surface area contributed by atoms with Crippen molar-refractivity contribution in [1.29, 1.82) is 0 Å². The number of benzene rings is 2. The molecule has 3 heteroatoms. The van der Waals surface area contributed by atoms with Gasteiger partial charge in [0.05, 0.1) is 6.04 Å². The Morgan fingerprint density at radius 1 is 1.12 bits per heavy atom. The van der Waals surface area contributed by atoms with E-state index in [9.17, 15) is 9.90 Å². The molecule has 0 saturated heterocycles. The normalized spacial score (nSPS) is 14.7. The summed E-state index contributed by atoms with van der Waals surface area (Å²) >= 11 is 0. The first-order valence-electron chi connectivity index (χ1n) is 8.81. The van der Waals surface area contributed by atoms with E-state index in [2.05, 4.69) is 23.5 Å². The highest BCUT2D eigenvalue weighted by Crippen LogP contribution is 2.25. The number of hydrogen-bond acceptors (Lipinski definition) is 2. The summed E-state index contributed by atoms with van der Waals surface area (Å²) in [5, 5.41) is 12.8. The van der Waals surface area contributed by atoms with E-state index in [1.807, 2.05) is 19.1 Å². The number of amides is 1. The molecule has 0 aromatic heterocycles. The predicted molar refractivity (Wildman–Crippen MR) is 96.1 cm³/mol. The van der Waals surface area contributed by atoms with E-state index in [-0.39, 0.29) is 17.7 Å². The Balaban J connectivity index is 1.57. The van der Waals surface area contributed by atoms with Gasteiger partial charge in [0.1, 0.15) is 5.75 Å². The summed E-state index contributed by atoms with van der Waals surface area (Å²) in [4.78, 5) is 12.2. The van der Waals surface area contributed by atoms with Gasteiger partial charge in [0, 0.05) is 6.42 Å². The number of aryl methyl sites for hydroxylation is 3. The zero-order valence-corrected chi connectivity index (χ0v) is 14.2. The highest BCUT2D eigenvalue weighted by atomic mass is 16.3. The van der Waals surface area contributed by atoms with Crippen LogP contribution in [0.3, 0.4) is 0 Å². The Morgan fingerprint density at radius 2 is 1.88 bits per heavy atom. The molecule has 2 N–H and O–H groups in total. The smallest absolute Gasteiger partial charge is 0.220 e. The Bertz CT molecular complexity index is 724. The summed E-state index contributed by atoms with van der Waals surface area (Å²) in [7, 11) is 0. The summed E-state index contributed by atoms with van der Waals surface area (Å²) in [6.45, 7) is 2.03. The van der Waals surface area contributed by atoms with Crippen molar-refractivity contribution < 1.29 is 9.90 Å². The van der Waals surface area contributed by atoms with Crippen molar-refractivity contribution in [3.8, 4) is 5.75 Å². The third-order valence-electron chi connectivity index (χ3n) is 4.86. The third-order valence-corrected chi connectivity index (χ3v) is 4.86. The highest BCUT2D eigenvalue weighted by Gasteiger charge is 2.14. The molecular formula is C21H25NO2. The molecule has 24 heavy (non-hydrogen) atoms. The van der Waals surface area contributed by atoms with Crippen LogP contribution in [0.2, 0.25) is 0 Å². The number of rotatable bonds is 5. The first kappa shape index (κ1) is 16.6. The van der Waals surface area contributed by atoms with Crippen LogP contribution in [0.5, 0.6) is 5.75 Å². The fraction of sp³-hybridized carbons (Fsp3) is 0.381. The average molecular weight is 323 g/mol. The highest BCUT2D eigenvalue weighted by molar-refractivity contribution is 5.76. The van der Waals surface area contributed by atoms with Gasteiger partial charge in [0.15, 0.2) is 0 Å². The molecule has 2 aromatic rings. The van der Waals surface area contributed by atoms with Crippen molar-refractivity contribution in [2.75, 3.05) is 0 Å². The molecule has 1 amide bonds. The van der Waals surface area contributed by atoms with E-state index < -0.39 is 0 Å². The van der Waals surface area contributed by atoms with Gasteiger partial charge < -0.3 is 10.4 Å². The van der Waals surface area contributed by atoms with E-state index in [4.69, 9.17) is 0 Å². The summed E-state index contributed by atoms with van der Waals surface area (Å²) in [5.74, 6) is 0.275. The summed E-state index contributed by atoms with van der Waals surface area (Å²) < 4.78 is 0. The van der Waals surface area contributed by atoms with Crippen LogP contribution >= 0.6 is 0 Å². The molecule has 1 aliphatic carbocycles. The Hall–Kier alpha value is -2.29. The molecule has 0 fully saturated rings. The quantitative estimate of drug-likeness (QED) is 0.871. The molecule has 3 nitrogen and oxygen atoms in total. The fourth-order valence-corrected chi connectivity index (χ4v) is 3.39. The average Bonchev–Trinajstić information content (AvgIpc) is 2.60. The SMILES string of the molecule is CC(NC(=O)CCc1ccccc1O)c1ccc2c(c1)CCCC2. The Morgan fingerprint density at radius 3 is 2.67 bits per heavy atom. The summed E-state index contributed by atoms with van der Waals surface area (Å²) in [6.07, 6.45) is 5.80. The van der Waals surface area contributed by atoms with Crippen molar-refractivity contribution in [2.45, 2.75) is 51.5 Å². The lowest BCUT2D eigenvalue weighted by atomic mass is 9.89.